The molecule has 24 heavy (non-hydrogen) atoms. The fraction of sp³-hybridized carbons (Fsp3) is 0.118. The zero-order valence-electron chi connectivity index (χ0n) is 12.4. The van der Waals surface area contributed by atoms with Crippen LogP contribution in [0.1, 0.15) is 15.9 Å². The van der Waals surface area contributed by atoms with Crippen LogP contribution in [-0.4, -0.2) is 19.5 Å². The van der Waals surface area contributed by atoms with Crippen molar-refractivity contribution in [3.05, 3.63) is 65.2 Å². The SMILES string of the molecule is COc1cc(C(=O)C=Cc2cc(F)ccc2F)ccc1OC(F)F. The van der Waals surface area contributed by atoms with Crippen LogP contribution in [0.15, 0.2) is 42.5 Å². The number of hydrogen-bond acceptors (Lipinski definition) is 3. The fourth-order valence-corrected chi connectivity index (χ4v) is 1.92. The Morgan fingerprint density at radius 3 is 2.50 bits per heavy atom. The van der Waals surface area contributed by atoms with Gasteiger partial charge in [-0.3, -0.25) is 4.79 Å². The van der Waals surface area contributed by atoms with Crippen LogP contribution in [-0.2, 0) is 0 Å². The molecule has 3 nitrogen and oxygen atoms in total. The molecular weight excluding hydrogens is 328 g/mol. The largest absolute Gasteiger partial charge is 0.493 e. The van der Waals surface area contributed by atoms with E-state index in [2.05, 4.69) is 4.74 Å². The van der Waals surface area contributed by atoms with Gasteiger partial charge >= 0.3 is 6.61 Å². The minimum absolute atomic E-state index is 0.0495. The van der Waals surface area contributed by atoms with Crippen molar-refractivity contribution in [3.8, 4) is 11.5 Å². The molecule has 0 aliphatic carbocycles. The van der Waals surface area contributed by atoms with Gasteiger partial charge in [0.15, 0.2) is 17.3 Å². The number of ketones is 1. The Morgan fingerprint density at radius 2 is 1.83 bits per heavy atom. The summed E-state index contributed by atoms with van der Waals surface area (Å²) in [7, 11) is 1.24. The van der Waals surface area contributed by atoms with Crippen molar-refractivity contribution in [2.24, 2.45) is 0 Å². The van der Waals surface area contributed by atoms with Crippen LogP contribution >= 0.6 is 0 Å². The van der Waals surface area contributed by atoms with Gasteiger partial charge in [0.25, 0.3) is 0 Å². The molecule has 0 atom stereocenters. The Balaban J connectivity index is 2.23. The number of halogens is 4. The molecule has 0 saturated heterocycles. The summed E-state index contributed by atoms with van der Waals surface area (Å²) in [4.78, 5) is 12.1. The Kier molecular flexibility index (Phi) is 5.57. The maximum atomic E-state index is 13.5. The Bertz CT molecular complexity index is 772. The Morgan fingerprint density at radius 1 is 1.08 bits per heavy atom. The molecular formula is C17H12F4O3. The Hall–Kier alpha value is -2.83. The summed E-state index contributed by atoms with van der Waals surface area (Å²) in [6, 6.07) is 6.48. The quantitative estimate of drug-likeness (QED) is 0.442. The molecule has 126 valence electrons. The maximum absolute atomic E-state index is 13.5. The van der Waals surface area contributed by atoms with E-state index in [1.807, 2.05) is 0 Å². The summed E-state index contributed by atoms with van der Waals surface area (Å²) in [6.45, 7) is -3.03. The van der Waals surface area contributed by atoms with Crippen LogP contribution in [0.5, 0.6) is 11.5 Å². The van der Waals surface area contributed by atoms with Crippen molar-refractivity contribution in [2.45, 2.75) is 6.61 Å². The molecule has 0 N–H and O–H groups in total. The molecule has 7 heteroatoms. The monoisotopic (exact) mass is 340 g/mol. The van der Waals surface area contributed by atoms with Gasteiger partial charge < -0.3 is 9.47 Å². The third-order valence-corrected chi connectivity index (χ3v) is 3.04. The molecule has 0 aromatic heterocycles. The van der Waals surface area contributed by atoms with Gasteiger partial charge in [-0.1, -0.05) is 0 Å². The van der Waals surface area contributed by atoms with Crippen molar-refractivity contribution >= 4 is 11.9 Å². The van der Waals surface area contributed by atoms with Crippen molar-refractivity contribution in [3.63, 3.8) is 0 Å². The average Bonchev–Trinajstić information content (AvgIpc) is 2.55. The topological polar surface area (TPSA) is 35.5 Å². The van der Waals surface area contributed by atoms with Gasteiger partial charge in [0.05, 0.1) is 7.11 Å². The van der Waals surface area contributed by atoms with Crippen LogP contribution in [0.25, 0.3) is 6.08 Å². The first-order valence-electron chi connectivity index (χ1n) is 6.71. The summed E-state index contributed by atoms with van der Waals surface area (Å²) < 4.78 is 60.2. The minimum atomic E-state index is -3.03. The van der Waals surface area contributed by atoms with Crippen LogP contribution in [0.2, 0.25) is 0 Å². The second-order valence-corrected chi connectivity index (χ2v) is 4.61. The first kappa shape index (κ1) is 17.5. The molecule has 0 heterocycles. The third kappa shape index (κ3) is 4.34. The molecule has 2 aromatic rings. The van der Waals surface area contributed by atoms with E-state index < -0.39 is 24.0 Å². The molecule has 0 radical (unpaired) electrons. The number of ether oxygens (including phenoxy) is 2. The predicted octanol–water partition coefficient (Wildman–Crippen LogP) is 4.47. The second-order valence-electron chi connectivity index (χ2n) is 4.61. The lowest BCUT2D eigenvalue weighted by Gasteiger charge is -2.10. The molecule has 0 unspecified atom stereocenters. The van der Waals surface area contributed by atoms with Crippen LogP contribution < -0.4 is 9.47 Å². The lowest BCUT2D eigenvalue weighted by atomic mass is 10.1. The van der Waals surface area contributed by atoms with E-state index in [9.17, 15) is 22.4 Å². The van der Waals surface area contributed by atoms with Crippen LogP contribution in [0.3, 0.4) is 0 Å². The number of allylic oxidation sites excluding steroid dienone is 1. The minimum Gasteiger partial charge on any atom is -0.493 e. The van der Waals surface area contributed by atoms with E-state index in [4.69, 9.17) is 4.74 Å². The number of carbonyl (C=O) groups excluding carboxylic acids is 1. The van der Waals surface area contributed by atoms with Crippen molar-refractivity contribution in [1.29, 1.82) is 0 Å². The Labute approximate surface area is 135 Å². The van der Waals surface area contributed by atoms with E-state index in [-0.39, 0.29) is 22.6 Å². The normalized spacial score (nSPS) is 11.1. The van der Waals surface area contributed by atoms with Gasteiger partial charge in [0.2, 0.25) is 0 Å². The highest BCUT2D eigenvalue weighted by Gasteiger charge is 2.13. The summed E-state index contributed by atoms with van der Waals surface area (Å²) >= 11 is 0. The first-order chi connectivity index (χ1) is 11.4. The molecule has 0 spiro atoms. The zero-order chi connectivity index (χ0) is 17.7. The predicted molar refractivity (Wildman–Crippen MR) is 79.3 cm³/mol. The average molecular weight is 340 g/mol. The lowest BCUT2D eigenvalue weighted by molar-refractivity contribution is -0.0512. The smallest absolute Gasteiger partial charge is 0.387 e. The van der Waals surface area contributed by atoms with Gasteiger partial charge in [-0.25, -0.2) is 8.78 Å². The lowest BCUT2D eigenvalue weighted by Crippen LogP contribution is -2.04. The molecule has 0 bridgehead atoms. The molecule has 0 amide bonds. The summed E-state index contributed by atoms with van der Waals surface area (Å²) in [6.07, 6.45) is 2.16. The molecule has 2 aromatic carbocycles. The summed E-state index contributed by atoms with van der Waals surface area (Å²) in [5.41, 5.74) is 0.0227. The van der Waals surface area contributed by atoms with E-state index >= 15 is 0 Å². The van der Waals surface area contributed by atoms with E-state index in [1.54, 1.807) is 0 Å². The number of carbonyl (C=O) groups is 1. The van der Waals surface area contributed by atoms with Gasteiger partial charge in [-0.2, -0.15) is 8.78 Å². The third-order valence-electron chi connectivity index (χ3n) is 3.04. The standard InChI is InChI=1S/C17H12F4O3/c1-23-16-9-11(3-7-15(16)24-17(20)21)14(22)6-2-10-8-12(18)4-5-13(10)19/h2-9,17H,1H3. The summed E-state index contributed by atoms with van der Waals surface area (Å²) in [5, 5.41) is 0. The van der Waals surface area contributed by atoms with E-state index in [0.717, 1.165) is 36.4 Å². The van der Waals surface area contributed by atoms with Gasteiger partial charge in [0.1, 0.15) is 11.6 Å². The number of methoxy groups -OCH3 is 1. The number of rotatable bonds is 6. The van der Waals surface area contributed by atoms with Crippen LogP contribution in [0, 0.1) is 11.6 Å². The fourth-order valence-electron chi connectivity index (χ4n) is 1.92. The van der Waals surface area contributed by atoms with Crippen molar-refractivity contribution < 1.29 is 31.8 Å². The summed E-state index contributed by atoms with van der Waals surface area (Å²) in [5.74, 6) is -2.13. The molecule has 2 rings (SSSR count). The number of hydrogen-bond donors (Lipinski definition) is 0. The van der Waals surface area contributed by atoms with Crippen molar-refractivity contribution in [1.82, 2.24) is 0 Å². The second kappa shape index (κ2) is 7.63. The highest BCUT2D eigenvalue weighted by molar-refractivity contribution is 6.07. The van der Waals surface area contributed by atoms with E-state index in [0.29, 0.717) is 0 Å². The highest BCUT2D eigenvalue weighted by atomic mass is 19.3. The molecule has 0 aliphatic heterocycles. The maximum Gasteiger partial charge on any atom is 0.387 e. The first-order valence-corrected chi connectivity index (χ1v) is 6.71. The number of alkyl halides is 2. The molecule has 0 aliphatic rings. The van der Waals surface area contributed by atoms with Crippen molar-refractivity contribution in [2.75, 3.05) is 7.11 Å². The van der Waals surface area contributed by atoms with Gasteiger partial charge in [0, 0.05) is 11.1 Å². The van der Waals surface area contributed by atoms with Gasteiger partial charge in [-0.15, -0.1) is 0 Å². The highest BCUT2D eigenvalue weighted by Crippen LogP contribution is 2.29. The number of benzene rings is 2. The van der Waals surface area contributed by atoms with Gasteiger partial charge in [-0.05, 0) is 48.6 Å². The van der Waals surface area contributed by atoms with E-state index in [1.165, 1.54) is 19.2 Å². The molecule has 0 saturated carbocycles. The molecule has 0 fully saturated rings. The van der Waals surface area contributed by atoms with Crippen LogP contribution in [0.4, 0.5) is 17.6 Å². The zero-order valence-corrected chi connectivity index (χ0v) is 12.4.